The van der Waals surface area contributed by atoms with Crippen molar-refractivity contribution < 1.29 is 96.2 Å². The van der Waals surface area contributed by atoms with Gasteiger partial charge in [-0.05, 0) is 160 Å². The van der Waals surface area contributed by atoms with Crippen molar-refractivity contribution in [3.05, 3.63) is 119 Å². The van der Waals surface area contributed by atoms with Gasteiger partial charge >= 0.3 is 0 Å². The summed E-state index contributed by atoms with van der Waals surface area (Å²) in [6, 6.07) is 15.6. The van der Waals surface area contributed by atoms with Crippen molar-refractivity contribution in [3.63, 3.8) is 0 Å². The van der Waals surface area contributed by atoms with Crippen molar-refractivity contribution in [1.82, 2.24) is 0 Å². The number of halogens is 7. The molecule has 4 saturated carbocycles. The van der Waals surface area contributed by atoms with Crippen molar-refractivity contribution in [1.29, 1.82) is 0 Å². The third-order valence-corrected chi connectivity index (χ3v) is 14.2. The molecule has 4 aliphatic rings. The molecule has 0 N–H and O–H groups in total. The van der Waals surface area contributed by atoms with Crippen LogP contribution in [-0.2, 0) is 65.4 Å². The molecule has 2 radical (unpaired) electrons. The summed E-state index contributed by atoms with van der Waals surface area (Å²) in [6.45, 7) is 4.68. The van der Waals surface area contributed by atoms with Gasteiger partial charge < -0.3 is 0 Å². The van der Waals surface area contributed by atoms with Crippen LogP contribution in [0.2, 0.25) is 0 Å². The smallest absolute Gasteiger partial charge is 0.132 e. The van der Waals surface area contributed by atoms with Crippen molar-refractivity contribution in [2.45, 2.75) is 128 Å². The zero-order chi connectivity index (χ0) is 40.2. The molecule has 0 bridgehead atoms. The summed E-state index contributed by atoms with van der Waals surface area (Å²) in [6.07, 6.45) is 19.1. The molecule has 9 heteroatoms. The first-order valence-corrected chi connectivity index (χ1v) is 21.5. The zero-order valence-electron chi connectivity index (χ0n) is 34.4. The SMILES string of the molecule is CC1CCC(C2CCC(c3cc(F)c(-c4cc(F)[c-]c(F)c4)c(F)c3)CC2)CC1.CC1CCC(C2CCC(c3cc(F)c(-c4cc[c-]c(F)c4)c(F)c3)CC2)CC1.[Y].[Y]. The topological polar surface area (TPSA) is 0 Å². The largest absolute Gasteiger partial charge is 0.236 e. The van der Waals surface area contributed by atoms with Gasteiger partial charge in [0, 0.05) is 94.0 Å². The molecular formula is C50H55F7Y2-2. The third-order valence-electron chi connectivity index (χ3n) is 14.2. The molecule has 0 aromatic heterocycles. The molecule has 0 saturated heterocycles. The van der Waals surface area contributed by atoms with Gasteiger partial charge in [0.05, 0.1) is 0 Å². The quantitative estimate of drug-likeness (QED) is 0.133. The minimum absolute atomic E-state index is 0. The van der Waals surface area contributed by atoms with Crippen LogP contribution in [0.4, 0.5) is 30.7 Å². The minimum atomic E-state index is -0.974. The van der Waals surface area contributed by atoms with Gasteiger partial charge in [0.1, 0.15) is 23.3 Å². The van der Waals surface area contributed by atoms with Crippen molar-refractivity contribution in [3.8, 4) is 22.3 Å². The maximum absolute atomic E-state index is 14.7. The predicted molar refractivity (Wildman–Crippen MR) is 213 cm³/mol. The van der Waals surface area contributed by atoms with Crippen LogP contribution in [0.25, 0.3) is 22.3 Å². The zero-order valence-corrected chi connectivity index (χ0v) is 40.1. The average molecular weight is 967 g/mol. The van der Waals surface area contributed by atoms with Gasteiger partial charge in [-0.15, -0.1) is 41.5 Å². The van der Waals surface area contributed by atoms with E-state index in [-0.39, 0.29) is 99.5 Å². The van der Waals surface area contributed by atoms with Crippen LogP contribution in [-0.4, -0.2) is 0 Å². The molecule has 312 valence electrons. The number of rotatable bonds is 6. The average Bonchev–Trinajstić information content (AvgIpc) is 3.18. The number of hydrogen-bond donors (Lipinski definition) is 0. The molecule has 0 heterocycles. The Morgan fingerprint density at radius 3 is 1.08 bits per heavy atom. The van der Waals surface area contributed by atoms with Crippen molar-refractivity contribution in [2.24, 2.45) is 35.5 Å². The molecule has 0 amide bonds. The summed E-state index contributed by atoms with van der Waals surface area (Å²) in [5.74, 6) is -0.0743. The Morgan fingerprint density at radius 2 is 0.729 bits per heavy atom. The van der Waals surface area contributed by atoms with E-state index < -0.39 is 40.7 Å². The van der Waals surface area contributed by atoms with Gasteiger partial charge in [-0.3, -0.25) is 0 Å². The molecule has 4 aliphatic carbocycles. The Bertz CT molecular complexity index is 1900. The van der Waals surface area contributed by atoms with Crippen LogP contribution in [0.3, 0.4) is 0 Å². The molecule has 4 aromatic rings. The van der Waals surface area contributed by atoms with Crippen LogP contribution in [0.5, 0.6) is 0 Å². The van der Waals surface area contributed by atoms with E-state index >= 15 is 0 Å². The normalized spacial score (nSPS) is 27.1. The Balaban J connectivity index is 0.000000217. The van der Waals surface area contributed by atoms with Crippen LogP contribution in [0, 0.1) is 88.4 Å². The Labute approximate surface area is 397 Å². The maximum atomic E-state index is 14.7. The molecular weight excluding hydrogens is 911 g/mol. The second kappa shape index (κ2) is 22.3. The van der Waals surface area contributed by atoms with Gasteiger partial charge in [0.2, 0.25) is 0 Å². The van der Waals surface area contributed by atoms with Crippen LogP contribution >= 0.6 is 0 Å². The monoisotopic (exact) mass is 966 g/mol. The van der Waals surface area contributed by atoms with Gasteiger partial charge in [-0.2, -0.15) is 12.1 Å². The van der Waals surface area contributed by atoms with E-state index in [1.54, 1.807) is 0 Å². The molecule has 0 atom stereocenters. The molecule has 0 nitrogen and oxygen atoms in total. The standard InChI is InChI=1S/C25H27F4.C25H28F3.2Y/c1-15-2-4-16(5-3-15)17-6-8-18(9-7-17)19-12-23(28)25(24(29)13-19)20-10-21(26)14-22(27)11-20;1-16-5-7-17(8-6-16)18-9-11-19(12-10-18)21-14-23(27)25(24(28)15-21)20-3-2-4-22(26)13-20;;/h10-13,15-18H,2-9H2,1H3;2-3,13-19H,5-12H2,1H3;;/q2*-1;;. The van der Waals surface area contributed by atoms with Gasteiger partial charge in [0.25, 0.3) is 0 Å². The van der Waals surface area contributed by atoms with E-state index in [1.165, 1.54) is 87.8 Å². The van der Waals surface area contributed by atoms with Crippen LogP contribution in [0.1, 0.15) is 140 Å². The molecule has 0 unspecified atom stereocenters. The Kier molecular flexibility index (Phi) is 18.4. The summed E-state index contributed by atoms with van der Waals surface area (Å²) in [5, 5.41) is 0. The van der Waals surface area contributed by atoms with Crippen molar-refractivity contribution >= 4 is 0 Å². The molecule has 4 aromatic carbocycles. The van der Waals surface area contributed by atoms with E-state index in [1.807, 2.05) is 6.07 Å². The summed E-state index contributed by atoms with van der Waals surface area (Å²) in [5.41, 5.74) is 0.941. The fourth-order valence-electron chi connectivity index (χ4n) is 10.8. The predicted octanol–water partition coefficient (Wildman–Crippen LogP) is 15.5. The molecule has 8 rings (SSSR count). The van der Waals surface area contributed by atoms with Crippen LogP contribution in [0.15, 0.2) is 54.6 Å². The summed E-state index contributed by atoms with van der Waals surface area (Å²) >= 11 is 0. The molecule has 59 heavy (non-hydrogen) atoms. The molecule has 0 spiro atoms. The summed E-state index contributed by atoms with van der Waals surface area (Å²) < 4.78 is 99.1. The molecule has 4 fully saturated rings. The van der Waals surface area contributed by atoms with Gasteiger partial charge in [0.15, 0.2) is 0 Å². The minimum Gasteiger partial charge on any atom is -0.236 e. The first-order valence-electron chi connectivity index (χ1n) is 21.5. The summed E-state index contributed by atoms with van der Waals surface area (Å²) in [7, 11) is 0. The number of hydrogen-bond acceptors (Lipinski definition) is 0. The van der Waals surface area contributed by atoms with E-state index in [0.29, 0.717) is 5.56 Å². The van der Waals surface area contributed by atoms with Crippen LogP contribution < -0.4 is 0 Å². The van der Waals surface area contributed by atoms with Crippen molar-refractivity contribution in [2.75, 3.05) is 0 Å². The Hall–Kier alpha value is -1.40. The number of benzene rings is 4. The van der Waals surface area contributed by atoms with E-state index in [9.17, 15) is 30.7 Å². The van der Waals surface area contributed by atoms with E-state index in [4.69, 9.17) is 0 Å². The maximum Gasteiger partial charge on any atom is 0.132 e. The third kappa shape index (κ3) is 12.4. The second-order valence-electron chi connectivity index (χ2n) is 18.0. The van der Waals surface area contributed by atoms with Gasteiger partial charge in [-0.25, -0.2) is 30.7 Å². The fourth-order valence-corrected chi connectivity index (χ4v) is 10.8. The van der Waals surface area contributed by atoms with Gasteiger partial charge in [-0.1, -0.05) is 39.5 Å². The Morgan fingerprint density at radius 1 is 0.407 bits per heavy atom. The fraction of sp³-hybridized carbons (Fsp3) is 0.520. The van der Waals surface area contributed by atoms with E-state index in [2.05, 4.69) is 19.9 Å². The van der Waals surface area contributed by atoms with E-state index in [0.717, 1.165) is 111 Å². The molecule has 0 aliphatic heterocycles. The second-order valence-corrected chi connectivity index (χ2v) is 18.0. The summed E-state index contributed by atoms with van der Waals surface area (Å²) in [4.78, 5) is 0. The first-order chi connectivity index (χ1) is 27.4. The first kappa shape index (κ1) is 48.6.